The number of aliphatic carboxylic acids is 2. The molecule has 1 aliphatic heterocycles. The number of hydrogen-bond acceptors (Lipinski definition) is 7. The van der Waals surface area contributed by atoms with E-state index >= 15 is 0 Å². The minimum atomic E-state index is -5.08. The van der Waals surface area contributed by atoms with E-state index in [2.05, 4.69) is 27.1 Å². The molecule has 2 aromatic heterocycles. The summed E-state index contributed by atoms with van der Waals surface area (Å²) < 4.78 is 65.3. The zero-order valence-electron chi connectivity index (χ0n) is 18.8. The molecule has 0 saturated heterocycles. The number of carboxylic acid groups (broad SMARTS) is 2. The van der Waals surface area contributed by atoms with Crippen molar-refractivity contribution < 1.29 is 46.1 Å². The van der Waals surface area contributed by atoms with Gasteiger partial charge < -0.3 is 15.5 Å². The summed E-state index contributed by atoms with van der Waals surface area (Å²) in [5.41, 5.74) is 0.806. The second kappa shape index (κ2) is 13.4. The lowest BCUT2D eigenvalue weighted by molar-refractivity contribution is -0.193. The van der Waals surface area contributed by atoms with Crippen LogP contribution in [0.25, 0.3) is 0 Å². The van der Waals surface area contributed by atoms with Gasteiger partial charge in [-0.05, 0) is 25.1 Å². The summed E-state index contributed by atoms with van der Waals surface area (Å²) in [7, 11) is 0. The van der Waals surface area contributed by atoms with Crippen LogP contribution in [0.2, 0.25) is 0 Å². The van der Waals surface area contributed by atoms with Gasteiger partial charge in [0.25, 0.3) is 5.56 Å². The van der Waals surface area contributed by atoms with Crippen molar-refractivity contribution >= 4 is 17.8 Å². The van der Waals surface area contributed by atoms with Crippen LogP contribution in [-0.2, 0) is 29.2 Å². The number of anilines is 1. The fraction of sp³-hybridized carbons (Fsp3) is 0.450. The molecule has 0 aromatic carbocycles. The first kappa shape index (κ1) is 30.3. The number of pyridine rings is 1. The Labute approximate surface area is 200 Å². The molecule has 3 N–H and O–H groups in total. The van der Waals surface area contributed by atoms with Gasteiger partial charge in [-0.15, -0.1) is 0 Å². The molecule has 3 heterocycles. The molecular formula is C20H23F6N5O5. The largest absolute Gasteiger partial charge is 0.490 e. The van der Waals surface area contributed by atoms with Crippen LogP contribution < -0.4 is 10.9 Å². The Morgan fingerprint density at radius 2 is 1.64 bits per heavy atom. The molecule has 16 heteroatoms. The van der Waals surface area contributed by atoms with E-state index in [1.165, 1.54) is 0 Å². The molecule has 0 aliphatic carbocycles. The first-order valence-electron chi connectivity index (χ1n) is 10.2. The van der Waals surface area contributed by atoms with Gasteiger partial charge in [0.2, 0.25) is 0 Å². The molecule has 0 fully saturated rings. The van der Waals surface area contributed by atoms with Crippen LogP contribution in [0.5, 0.6) is 0 Å². The fourth-order valence-corrected chi connectivity index (χ4v) is 2.71. The summed E-state index contributed by atoms with van der Waals surface area (Å²) in [6.45, 7) is 6.13. The molecule has 0 saturated carbocycles. The maximum Gasteiger partial charge on any atom is 0.490 e. The third-order valence-corrected chi connectivity index (χ3v) is 4.41. The van der Waals surface area contributed by atoms with Crippen molar-refractivity contribution in [2.75, 3.05) is 18.4 Å². The standard InChI is InChI=1S/C16H21N5O.2C2HF3O2/c1-2-20-8-5-9-21-15(12-20)19-13(10-16(21)22)11-18-14-6-3-4-7-17-14;2*3-2(4,5)1(6)7/h3-4,6-7,10H,2,5,8-9,11-12H2,1H3,(H,17,18);2*(H,6,7). The van der Waals surface area contributed by atoms with Crippen LogP contribution in [0.15, 0.2) is 35.3 Å². The normalized spacial score (nSPS) is 13.6. The molecule has 0 bridgehead atoms. The van der Waals surface area contributed by atoms with Crippen LogP contribution in [-0.4, -0.2) is 67.0 Å². The van der Waals surface area contributed by atoms with Crippen molar-refractivity contribution in [3.63, 3.8) is 0 Å². The molecule has 10 nitrogen and oxygen atoms in total. The Hall–Kier alpha value is -3.69. The van der Waals surface area contributed by atoms with Crippen molar-refractivity contribution in [2.45, 2.75) is 45.3 Å². The topological polar surface area (TPSA) is 138 Å². The predicted molar refractivity (Wildman–Crippen MR) is 113 cm³/mol. The molecule has 0 radical (unpaired) electrons. The number of nitrogens with one attached hydrogen (secondary N) is 1. The van der Waals surface area contributed by atoms with Gasteiger partial charge in [0.1, 0.15) is 11.6 Å². The van der Waals surface area contributed by atoms with Gasteiger partial charge in [-0.3, -0.25) is 14.3 Å². The molecule has 36 heavy (non-hydrogen) atoms. The van der Waals surface area contributed by atoms with Crippen LogP contribution in [0.1, 0.15) is 24.9 Å². The highest BCUT2D eigenvalue weighted by Crippen LogP contribution is 2.14. The Morgan fingerprint density at radius 3 is 2.11 bits per heavy atom. The van der Waals surface area contributed by atoms with E-state index in [1.54, 1.807) is 16.8 Å². The highest BCUT2D eigenvalue weighted by atomic mass is 19.4. The number of nitrogens with zero attached hydrogens (tertiary/aromatic N) is 4. The predicted octanol–water partition coefficient (Wildman–Crippen LogP) is 2.74. The lowest BCUT2D eigenvalue weighted by atomic mass is 10.3. The van der Waals surface area contributed by atoms with E-state index in [0.717, 1.165) is 49.9 Å². The molecule has 0 amide bonds. The Kier molecular flexibility index (Phi) is 11.3. The molecule has 3 rings (SSSR count). The van der Waals surface area contributed by atoms with Gasteiger partial charge >= 0.3 is 24.3 Å². The number of hydrogen-bond donors (Lipinski definition) is 3. The molecule has 0 atom stereocenters. The van der Waals surface area contributed by atoms with Gasteiger partial charge in [-0.25, -0.2) is 19.6 Å². The molecule has 2 aromatic rings. The summed E-state index contributed by atoms with van der Waals surface area (Å²) in [6.07, 6.45) is -7.44. The van der Waals surface area contributed by atoms with E-state index in [0.29, 0.717) is 6.54 Å². The number of alkyl halides is 6. The van der Waals surface area contributed by atoms with Gasteiger partial charge in [-0.1, -0.05) is 13.0 Å². The van der Waals surface area contributed by atoms with Crippen molar-refractivity contribution in [1.82, 2.24) is 19.4 Å². The van der Waals surface area contributed by atoms with Gasteiger partial charge in [0, 0.05) is 25.4 Å². The Balaban J connectivity index is 0.000000383. The number of fused-ring (bicyclic) bond motifs is 1. The number of carboxylic acids is 2. The van der Waals surface area contributed by atoms with E-state index in [4.69, 9.17) is 19.8 Å². The average Bonchev–Trinajstić information content (AvgIpc) is 3.00. The summed E-state index contributed by atoms with van der Waals surface area (Å²) in [5.74, 6) is -3.86. The first-order chi connectivity index (χ1) is 16.6. The van der Waals surface area contributed by atoms with Crippen molar-refractivity contribution in [2.24, 2.45) is 0 Å². The second-order valence-corrected chi connectivity index (χ2v) is 7.05. The lowest BCUT2D eigenvalue weighted by Crippen LogP contribution is -2.28. The zero-order valence-corrected chi connectivity index (χ0v) is 18.8. The number of halogens is 6. The average molecular weight is 527 g/mol. The number of carbonyl (C=O) groups is 2. The van der Waals surface area contributed by atoms with E-state index in [-0.39, 0.29) is 5.56 Å². The highest BCUT2D eigenvalue weighted by Gasteiger charge is 2.38. The smallest absolute Gasteiger partial charge is 0.475 e. The summed E-state index contributed by atoms with van der Waals surface area (Å²) >= 11 is 0. The minimum Gasteiger partial charge on any atom is -0.475 e. The van der Waals surface area contributed by atoms with Crippen molar-refractivity contribution in [3.8, 4) is 0 Å². The summed E-state index contributed by atoms with van der Waals surface area (Å²) in [4.78, 5) is 41.3. The van der Waals surface area contributed by atoms with Gasteiger partial charge in [0.05, 0.1) is 18.8 Å². The highest BCUT2D eigenvalue weighted by molar-refractivity contribution is 5.73. The van der Waals surface area contributed by atoms with Crippen molar-refractivity contribution in [1.29, 1.82) is 0 Å². The Morgan fingerprint density at radius 1 is 1.06 bits per heavy atom. The number of rotatable bonds is 4. The van der Waals surface area contributed by atoms with Crippen LogP contribution >= 0.6 is 0 Å². The maximum atomic E-state index is 12.3. The third-order valence-electron chi connectivity index (χ3n) is 4.41. The molecule has 0 spiro atoms. The van der Waals surface area contributed by atoms with Crippen LogP contribution in [0.4, 0.5) is 32.2 Å². The summed E-state index contributed by atoms with van der Waals surface area (Å²) in [6, 6.07) is 7.32. The van der Waals surface area contributed by atoms with Crippen LogP contribution in [0, 0.1) is 0 Å². The van der Waals surface area contributed by atoms with E-state index in [9.17, 15) is 31.1 Å². The number of aromatic nitrogens is 3. The minimum absolute atomic E-state index is 0.0424. The summed E-state index contributed by atoms with van der Waals surface area (Å²) in [5, 5.41) is 17.5. The lowest BCUT2D eigenvalue weighted by Gasteiger charge is -2.17. The SMILES string of the molecule is CCN1CCCn2c(nc(CNc3ccccn3)cc2=O)C1.O=C(O)C(F)(F)F.O=C(O)C(F)(F)F. The van der Waals surface area contributed by atoms with E-state index < -0.39 is 24.3 Å². The second-order valence-electron chi connectivity index (χ2n) is 7.05. The van der Waals surface area contributed by atoms with Crippen LogP contribution in [0.3, 0.4) is 0 Å². The Bertz CT molecular complexity index is 1040. The molecule has 1 aliphatic rings. The van der Waals surface area contributed by atoms with Gasteiger partial charge in [-0.2, -0.15) is 26.3 Å². The molecular weight excluding hydrogens is 504 g/mol. The first-order valence-corrected chi connectivity index (χ1v) is 10.2. The van der Waals surface area contributed by atoms with Gasteiger partial charge in [0.15, 0.2) is 0 Å². The zero-order chi connectivity index (χ0) is 27.5. The quantitative estimate of drug-likeness (QED) is 0.513. The fourth-order valence-electron chi connectivity index (χ4n) is 2.71. The maximum absolute atomic E-state index is 12.3. The van der Waals surface area contributed by atoms with E-state index in [1.807, 2.05) is 18.2 Å². The third kappa shape index (κ3) is 10.7. The van der Waals surface area contributed by atoms with Crippen molar-refractivity contribution in [3.05, 3.63) is 52.3 Å². The monoisotopic (exact) mass is 527 g/mol. The molecule has 0 unspecified atom stereocenters. The molecule has 200 valence electrons.